The van der Waals surface area contributed by atoms with Gasteiger partial charge in [-0.3, -0.25) is 14.5 Å². The van der Waals surface area contributed by atoms with Gasteiger partial charge >= 0.3 is 6.03 Å². The molecule has 1 aromatic carbocycles. The standard InChI is InChI=1S/C21H22N4O4S/c1-3-21(4-2)19(27)25(20(28)24-21)12-17(26)22-11-13-9-10-15(29-13)18-23-14-7-5-6-8-16(14)30-18/h5-10H,3-4,11-12H2,1-2H3,(H,22,26)(H,24,28). The first-order chi connectivity index (χ1) is 14.5. The molecule has 1 fully saturated rings. The van der Waals surface area contributed by atoms with Gasteiger partial charge in [-0.15, -0.1) is 11.3 Å². The van der Waals surface area contributed by atoms with Gasteiger partial charge in [0.1, 0.15) is 17.8 Å². The minimum atomic E-state index is -0.912. The van der Waals surface area contributed by atoms with Gasteiger partial charge in [0.05, 0.1) is 16.8 Å². The van der Waals surface area contributed by atoms with Crippen molar-refractivity contribution in [1.82, 2.24) is 20.5 Å². The third kappa shape index (κ3) is 3.56. The number of thiazole rings is 1. The zero-order valence-electron chi connectivity index (χ0n) is 16.7. The Bertz CT molecular complexity index is 1080. The normalized spacial score (nSPS) is 15.6. The highest BCUT2D eigenvalue weighted by molar-refractivity contribution is 7.21. The zero-order valence-corrected chi connectivity index (χ0v) is 17.5. The van der Waals surface area contributed by atoms with Gasteiger partial charge in [-0.05, 0) is 37.1 Å². The summed E-state index contributed by atoms with van der Waals surface area (Å²) in [6.45, 7) is 3.51. The van der Waals surface area contributed by atoms with Gasteiger partial charge in [-0.1, -0.05) is 26.0 Å². The molecule has 4 rings (SSSR count). The molecule has 156 valence electrons. The molecule has 0 aliphatic carbocycles. The lowest BCUT2D eigenvalue weighted by Crippen LogP contribution is -2.46. The zero-order chi connectivity index (χ0) is 21.3. The average molecular weight is 426 g/mol. The molecule has 0 spiro atoms. The van der Waals surface area contributed by atoms with Crippen LogP contribution in [0.25, 0.3) is 21.0 Å². The number of furan rings is 1. The van der Waals surface area contributed by atoms with Crippen LogP contribution in [0.15, 0.2) is 40.8 Å². The smallest absolute Gasteiger partial charge is 0.325 e. The largest absolute Gasteiger partial charge is 0.457 e. The van der Waals surface area contributed by atoms with E-state index >= 15 is 0 Å². The molecule has 1 aliphatic heterocycles. The summed E-state index contributed by atoms with van der Waals surface area (Å²) >= 11 is 1.53. The number of aromatic nitrogens is 1. The third-order valence-electron chi connectivity index (χ3n) is 5.38. The van der Waals surface area contributed by atoms with E-state index in [1.165, 1.54) is 11.3 Å². The van der Waals surface area contributed by atoms with E-state index in [1.807, 2.05) is 44.2 Å². The van der Waals surface area contributed by atoms with Crippen molar-refractivity contribution in [1.29, 1.82) is 0 Å². The van der Waals surface area contributed by atoms with Crippen LogP contribution in [-0.4, -0.2) is 39.8 Å². The molecule has 30 heavy (non-hydrogen) atoms. The van der Waals surface area contributed by atoms with Gasteiger partial charge in [0.25, 0.3) is 5.91 Å². The van der Waals surface area contributed by atoms with Gasteiger partial charge in [-0.25, -0.2) is 9.78 Å². The lowest BCUT2D eigenvalue weighted by atomic mass is 9.93. The lowest BCUT2D eigenvalue weighted by Gasteiger charge is -2.22. The van der Waals surface area contributed by atoms with Crippen LogP contribution in [0, 0.1) is 0 Å². The Morgan fingerprint density at radius 2 is 1.97 bits per heavy atom. The summed E-state index contributed by atoms with van der Waals surface area (Å²) in [6.07, 6.45) is 0.959. The fraction of sp³-hybridized carbons (Fsp3) is 0.333. The number of carbonyl (C=O) groups excluding carboxylic acids is 3. The highest BCUT2D eigenvalue weighted by Gasteiger charge is 2.49. The lowest BCUT2D eigenvalue weighted by molar-refractivity contribution is -0.135. The highest BCUT2D eigenvalue weighted by Crippen LogP contribution is 2.31. The Labute approximate surface area is 177 Å². The Hall–Kier alpha value is -3.20. The van der Waals surface area contributed by atoms with Crippen molar-refractivity contribution >= 4 is 39.4 Å². The molecule has 1 saturated heterocycles. The monoisotopic (exact) mass is 426 g/mol. The van der Waals surface area contributed by atoms with Gasteiger partial charge in [0.15, 0.2) is 10.8 Å². The van der Waals surface area contributed by atoms with E-state index in [2.05, 4.69) is 15.6 Å². The van der Waals surface area contributed by atoms with Gasteiger partial charge < -0.3 is 15.1 Å². The van der Waals surface area contributed by atoms with Crippen LogP contribution < -0.4 is 10.6 Å². The van der Waals surface area contributed by atoms with Gasteiger partial charge in [-0.2, -0.15) is 0 Å². The Balaban J connectivity index is 1.37. The number of fused-ring (bicyclic) bond motifs is 1. The van der Waals surface area contributed by atoms with Crippen LogP contribution in [0.3, 0.4) is 0 Å². The summed E-state index contributed by atoms with van der Waals surface area (Å²) in [5.41, 5.74) is -0.00241. The summed E-state index contributed by atoms with van der Waals surface area (Å²) in [4.78, 5) is 42.6. The van der Waals surface area contributed by atoms with E-state index < -0.39 is 17.5 Å². The van der Waals surface area contributed by atoms with Crippen LogP contribution in [0.2, 0.25) is 0 Å². The second kappa shape index (κ2) is 7.91. The molecule has 9 heteroatoms. The molecule has 0 unspecified atom stereocenters. The summed E-state index contributed by atoms with van der Waals surface area (Å²) in [5.74, 6) is 0.403. The van der Waals surface area contributed by atoms with Gasteiger partial charge in [0, 0.05) is 0 Å². The summed E-state index contributed by atoms with van der Waals surface area (Å²) < 4.78 is 6.87. The number of amides is 4. The molecule has 0 saturated carbocycles. The number of urea groups is 1. The molecule has 2 N–H and O–H groups in total. The molecular formula is C21H22N4O4S. The number of imide groups is 1. The van der Waals surface area contributed by atoms with Crippen molar-refractivity contribution in [3.05, 3.63) is 42.2 Å². The van der Waals surface area contributed by atoms with Gasteiger partial charge in [0.2, 0.25) is 5.91 Å². The quantitative estimate of drug-likeness (QED) is 0.564. The number of hydrogen-bond acceptors (Lipinski definition) is 6. The van der Waals surface area contributed by atoms with E-state index in [1.54, 1.807) is 6.07 Å². The number of nitrogens with one attached hydrogen (secondary N) is 2. The van der Waals surface area contributed by atoms with Crippen LogP contribution >= 0.6 is 11.3 Å². The van der Waals surface area contributed by atoms with Crippen molar-refractivity contribution in [2.45, 2.75) is 38.8 Å². The molecular weight excluding hydrogens is 404 g/mol. The second-order valence-corrected chi connectivity index (χ2v) is 8.17. The van der Waals surface area contributed by atoms with Crippen LogP contribution in [0.5, 0.6) is 0 Å². The predicted octanol–water partition coefficient (Wildman–Crippen LogP) is 3.28. The molecule has 4 amide bonds. The number of benzene rings is 1. The van der Waals surface area contributed by atoms with Crippen molar-refractivity contribution in [3.8, 4) is 10.8 Å². The maximum Gasteiger partial charge on any atom is 0.325 e. The molecule has 0 atom stereocenters. The molecule has 8 nitrogen and oxygen atoms in total. The molecule has 0 radical (unpaired) electrons. The first kappa shape index (κ1) is 20.1. The van der Waals surface area contributed by atoms with E-state index in [9.17, 15) is 14.4 Å². The van der Waals surface area contributed by atoms with Crippen LogP contribution in [-0.2, 0) is 16.1 Å². The maximum absolute atomic E-state index is 12.6. The Morgan fingerprint density at radius 1 is 1.20 bits per heavy atom. The fourth-order valence-electron chi connectivity index (χ4n) is 3.50. The Morgan fingerprint density at radius 3 is 2.67 bits per heavy atom. The Kier molecular flexibility index (Phi) is 5.29. The summed E-state index contributed by atoms with van der Waals surface area (Å²) in [6, 6.07) is 10.9. The topological polar surface area (TPSA) is 105 Å². The fourth-order valence-corrected chi connectivity index (χ4v) is 4.43. The number of carbonyl (C=O) groups is 3. The van der Waals surface area contributed by atoms with Crippen molar-refractivity contribution in [2.24, 2.45) is 0 Å². The molecule has 2 aromatic heterocycles. The van der Waals surface area contributed by atoms with Crippen molar-refractivity contribution < 1.29 is 18.8 Å². The first-order valence-electron chi connectivity index (χ1n) is 9.81. The maximum atomic E-state index is 12.6. The number of nitrogens with zero attached hydrogens (tertiary/aromatic N) is 2. The predicted molar refractivity (Wildman–Crippen MR) is 113 cm³/mol. The number of rotatable bonds is 7. The van der Waals surface area contributed by atoms with Crippen molar-refractivity contribution in [3.63, 3.8) is 0 Å². The van der Waals surface area contributed by atoms with Crippen LogP contribution in [0.4, 0.5) is 4.79 Å². The van der Waals surface area contributed by atoms with Crippen LogP contribution in [0.1, 0.15) is 32.4 Å². The molecule has 3 aromatic rings. The van der Waals surface area contributed by atoms with E-state index in [-0.39, 0.29) is 19.0 Å². The average Bonchev–Trinajstić information content (AvgIpc) is 3.45. The van der Waals surface area contributed by atoms with E-state index in [4.69, 9.17) is 4.42 Å². The first-order valence-corrected chi connectivity index (χ1v) is 10.6. The minimum Gasteiger partial charge on any atom is -0.457 e. The summed E-state index contributed by atoms with van der Waals surface area (Å²) in [5, 5.41) is 6.18. The SMILES string of the molecule is CCC1(CC)NC(=O)N(CC(=O)NCc2ccc(-c3nc4ccccc4s3)o2)C1=O. The summed E-state index contributed by atoms with van der Waals surface area (Å²) in [7, 11) is 0. The highest BCUT2D eigenvalue weighted by atomic mass is 32.1. The van der Waals surface area contributed by atoms with E-state index in [0.717, 1.165) is 20.1 Å². The second-order valence-electron chi connectivity index (χ2n) is 7.14. The third-order valence-corrected chi connectivity index (χ3v) is 6.43. The number of para-hydroxylation sites is 1. The molecule has 1 aliphatic rings. The van der Waals surface area contributed by atoms with Crippen molar-refractivity contribution in [2.75, 3.05) is 6.54 Å². The van der Waals surface area contributed by atoms with E-state index in [0.29, 0.717) is 24.4 Å². The minimum absolute atomic E-state index is 0.153. The molecule has 0 bridgehead atoms. The molecule has 3 heterocycles. The number of hydrogen-bond donors (Lipinski definition) is 2.